The zero-order chi connectivity index (χ0) is 8.53. The largest absolute Gasteiger partial charge is 0.813 e. The van der Waals surface area contributed by atoms with Gasteiger partial charge in [-0.15, -0.1) is 4.33 Å². The van der Waals surface area contributed by atoms with Crippen LogP contribution < -0.4 is 5.32 Å². The Morgan fingerprint density at radius 3 is 2.69 bits per heavy atom. The van der Waals surface area contributed by atoms with Gasteiger partial charge in [-0.05, 0) is 6.42 Å². The van der Waals surface area contributed by atoms with E-state index in [-0.39, 0.29) is 52.2 Å². The van der Waals surface area contributed by atoms with Gasteiger partial charge in [-0.2, -0.15) is 6.41 Å². The Labute approximate surface area is 114 Å². The van der Waals surface area contributed by atoms with Crippen molar-refractivity contribution in [2.75, 3.05) is 5.75 Å². The van der Waals surface area contributed by atoms with Crippen molar-refractivity contribution < 1.29 is 52.1 Å². The van der Waals surface area contributed by atoms with Gasteiger partial charge >= 0.3 is 0 Å². The minimum Gasteiger partial charge on any atom is -0.813 e. The SMILES string of the molecule is CCC(CSOOO)N[C-]=O.[SH-].[Y]. The Morgan fingerprint density at radius 1 is 1.69 bits per heavy atom. The van der Waals surface area contributed by atoms with Gasteiger partial charge in [0.25, 0.3) is 0 Å². The minimum absolute atomic E-state index is 0. The molecule has 0 saturated carbocycles. The molecule has 0 aliphatic rings. The summed E-state index contributed by atoms with van der Waals surface area (Å²) in [6.07, 6.45) is 2.35. The summed E-state index contributed by atoms with van der Waals surface area (Å²) in [5.41, 5.74) is 0. The Kier molecular flexibility index (Phi) is 23.6. The van der Waals surface area contributed by atoms with E-state index in [2.05, 4.69) is 14.7 Å². The fourth-order valence-corrected chi connectivity index (χ4v) is 1.06. The summed E-state index contributed by atoms with van der Waals surface area (Å²) >= 11 is 0.912. The summed E-state index contributed by atoms with van der Waals surface area (Å²) in [5.74, 6) is 0.506. The van der Waals surface area contributed by atoms with E-state index in [9.17, 15) is 4.79 Å². The zero-order valence-electron chi connectivity index (χ0n) is 7.10. The van der Waals surface area contributed by atoms with Gasteiger partial charge in [0.15, 0.2) is 0 Å². The van der Waals surface area contributed by atoms with E-state index in [1.54, 1.807) is 6.41 Å². The molecular formula is C5H11NO4S2Y-2. The molecule has 1 unspecified atom stereocenters. The van der Waals surface area contributed by atoms with E-state index in [1.165, 1.54) is 0 Å². The number of nitrogens with one attached hydrogen (secondary N) is 1. The number of thiol groups is 1. The van der Waals surface area contributed by atoms with E-state index in [4.69, 9.17) is 5.26 Å². The number of hydrogen-bond donors (Lipinski definition) is 2. The maximum absolute atomic E-state index is 9.84. The summed E-state index contributed by atoms with van der Waals surface area (Å²) in [7, 11) is 0. The molecule has 0 aliphatic carbocycles. The topological polar surface area (TPSA) is 67.8 Å². The summed E-state index contributed by atoms with van der Waals surface area (Å²) in [5, 5.41) is 13.5. The van der Waals surface area contributed by atoms with Crippen molar-refractivity contribution in [1.29, 1.82) is 0 Å². The third-order valence-corrected chi connectivity index (χ3v) is 1.80. The molecule has 0 aromatic carbocycles. The van der Waals surface area contributed by atoms with E-state index in [0.717, 1.165) is 18.5 Å². The molecule has 13 heavy (non-hydrogen) atoms. The van der Waals surface area contributed by atoms with Crippen molar-refractivity contribution in [2.45, 2.75) is 19.4 Å². The normalized spacial score (nSPS) is 10.6. The maximum atomic E-state index is 9.84. The van der Waals surface area contributed by atoms with Crippen molar-refractivity contribution in [2.24, 2.45) is 0 Å². The van der Waals surface area contributed by atoms with Crippen LogP contribution in [0.4, 0.5) is 0 Å². The Morgan fingerprint density at radius 2 is 2.31 bits per heavy atom. The number of rotatable bonds is 7. The number of hydrogen-bond acceptors (Lipinski definition) is 6. The van der Waals surface area contributed by atoms with Crippen LogP contribution in [0.3, 0.4) is 0 Å². The molecule has 0 rings (SSSR count). The standard InChI is InChI=1S/C5H10NO4S.H2S.Y/c1-2-5(6-4-7)3-11-10-9-8;;/h5,8H,2-3H2,1H3,(H,6,7);1H2;/q-1;;/p-1. The van der Waals surface area contributed by atoms with Crippen LogP contribution in [-0.4, -0.2) is 23.5 Å². The Hall–Kier alpha value is 1.15. The predicted molar refractivity (Wildman–Crippen MR) is 48.9 cm³/mol. The van der Waals surface area contributed by atoms with Crippen molar-refractivity contribution in [3.8, 4) is 0 Å². The average Bonchev–Trinajstić information content (AvgIpc) is 2.03. The molecule has 5 nitrogen and oxygen atoms in total. The molecule has 0 aromatic rings. The fraction of sp³-hybridized carbons (Fsp3) is 0.800. The van der Waals surface area contributed by atoms with E-state index < -0.39 is 0 Å². The molecule has 8 heteroatoms. The summed E-state index contributed by atoms with van der Waals surface area (Å²) < 4.78 is 4.11. The summed E-state index contributed by atoms with van der Waals surface area (Å²) in [6, 6.07) is -0.00681. The summed E-state index contributed by atoms with van der Waals surface area (Å²) in [4.78, 5) is 9.84. The zero-order valence-corrected chi connectivity index (χ0v) is 11.6. The first-order valence-electron chi connectivity index (χ1n) is 3.07. The molecule has 1 radical (unpaired) electrons. The van der Waals surface area contributed by atoms with Gasteiger partial charge in [0.05, 0.1) is 0 Å². The van der Waals surface area contributed by atoms with Crippen LogP contribution >= 0.6 is 12.0 Å². The molecule has 0 aliphatic heterocycles. The van der Waals surface area contributed by atoms with Crippen LogP contribution in [0, 0.1) is 0 Å². The van der Waals surface area contributed by atoms with E-state index in [1.807, 2.05) is 6.92 Å². The molecule has 0 bridgehead atoms. The fourth-order valence-electron chi connectivity index (χ4n) is 0.476. The molecule has 2 N–H and O–H groups in total. The van der Waals surface area contributed by atoms with Crippen LogP contribution in [0.5, 0.6) is 0 Å². The van der Waals surface area contributed by atoms with Gasteiger partial charge in [-0.25, -0.2) is 5.26 Å². The minimum atomic E-state index is -0.00681. The van der Waals surface area contributed by atoms with Gasteiger partial charge < -0.3 is 23.6 Å². The maximum Gasteiger partial charge on any atom is 0.0407 e. The predicted octanol–water partition coefficient (Wildman–Crippen LogP) is 0.219. The summed E-state index contributed by atoms with van der Waals surface area (Å²) in [6.45, 7) is 1.91. The van der Waals surface area contributed by atoms with Gasteiger partial charge in [0, 0.05) is 56.5 Å². The van der Waals surface area contributed by atoms with Crippen molar-refractivity contribution in [1.82, 2.24) is 5.32 Å². The molecule has 0 aromatic heterocycles. The average molecular weight is 302 g/mol. The second-order valence-corrected chi connectivity index (χ2v) is 2.48. The van der Waals surface area contributed by atoms with Crippen LogP contribution in [0.2, 0.25) is 0 Å². The molecule has 1 amide bonds. The Bertz CT molecular complexity index is 111. The molecule has 77 valence electrons. The van der Waals surface area contributed by atoms with Crippen molar-refractivity contribution in [3.05, 3.63) is 0 Å². The third-order valence-electron chi connectivity index (χ3n) is 1.10. The van der Waals surface area contributed by atoms with Gasteiger partial charge in [0.2, 0.25) is 0 Å². The quantitative estimate of drug-likeness (QED) is 0.102. The van der Waals surface area contributed by atoms with Gasteiger partial charge in [0.1, 0.15) is 0 Å². The smallest absolute Gasteiger partial charge is 0.0407 e. The second kappa shape index (κ2) is 15.6. The van der Waals surface area contributed by atoms with Crippen LogP contribution in [0.15, 0.2) is 0 Å². The first-order valence-corrected chi connectivity index (χ1v) is 3.98. The Balaban J connectivity index is -0.000000500. The van der Waals surface area contributed by atoms with Crippen molar-refractivity contribution in [3.63, 3.8) is 0 Å². The molecule has 0 spiro atoms. The van der Waals surface area contributed by atoms with E-state index >= 15 is 0 Å². The van der Waals surface area contributed by atoms with E-state index in [0.29, 0.717) is 5.75 Å². The number of carbonyl (C=O) groups excluding carboxylic acids is 1. The molecule has 0 fully saturated rings. The third kappa shape index (κ3) is 13.2. The van der Waals surface area contributed by atoms with Crippen LogP contribution in [0.25, 0.3) is 0 Å². The van der Waals surface area contributed by atoms with Gasteiger partial charge in [-0.3, -0.25) is 0 Å². The first-order chi connectivity index (χ1) is 5.35. The van der Waals surface area contributed by atoms with Crippen LogP contribution in [0.1, 0.15) is 13.3 Å². The first kappa shape index (κ1) is 19.7. The van der Waals surface area contributed by atoms with Crippen LogP contribution in [-0.2, 0) is 60.4 Å². The van der Waals surface area contributed by atoms with Gasteiger partial charge in [-0.1, -0.05) is 12.0 Å². The molecule has 0 saturated heterocycles. The second-order valence-electron chi connectivity index (χ2n) is 1.78. The molecule has 1 atom stereocenters. The van der Waals surface area contributed by atoms with Crippen molar-refractivity contribution >= 4 is 31.9 Å². The molecular weight excluding hydrogens is 291 g/mol. The number of amides is 1. The molecule has 0 heterocycles. The monoisotopic (exact) mass is 302 g/mol.